The molecule has 152 valence electrons. The van der Waals surface area contributed by atoms with E-state index in [2.05, 4.69) is 0 Å². The third kappa shape index (κ3) is 2.37. The van der Waals surface area contributed by atoms with E-state index in [1.165, 1.54) is 4.57 Å². The maximum Gasteiger partial charge on any atom is 0.343 e. The van der Waals surface area contributed by atoms with Gasteiger partial charge < -0.3 is 15.6 Å². The Morgan fingerprint density at radius 2 is 2.10 bits per heavy atom. The number of para-hydroxylation sites is 1. The third-order valence-electron chi connectivity index (χ3n) is 6.05. The molecule has 1 unspecified atom stereocenters. The lowest BCUT2D eigenvalue weighted by atomic mass is 9.86. The molecule has 30 heavy (non-hydrogen) atoms. The number of hydrogen-bond donors (Lipinski definition) is 2. The second kappa shape index (κ2) is 6.24. The van der Waals surface area contributed by atoms with E-state index in [1.807, 2.05) is 30.3 Å². The van der Waals surface area contributed by atoms with Gasteiger partial charge in [-0.25, -0.2) is 9.78 Å². The van der Waals surface area contributed by atoms with Gasteiger partial charge in [-0.1, -0.05) is 25.1 Å². The highest BCUT2D eigenvalue weighted by Crippen LogP contribution is 2.43. The van der Waals surface area contributed by atoms with Crippen LogP contribution in [-0.2, 0) is 26.5 Å². The predicted molar refractivity (Wildman–Crippen MR) is 107 cm³/mol. The molecule has 8 nitrogen and oxygen atoms in total. The van der Waals surface area contributed by atoms with Gasteiger partial charge in [0.15, 0.2) is 5.60 Å². The average Bonchev–Trinajstić information content (AvgIpc) is 3.02. The number of carbonyl (C=O) groups excluding carboxylic acids is 2. The highest BCUT2D eigenvalue weighted by atomic mass is 16.6. The van der Waals surface area contributed by atoms with Crippen LogP contribution in [0.4, 0.5) is 0 Å². The Labute approximate surface area is 170 Å². The van der Waals surface area contributed by atoms with E-state index in [9.17, 15) is 19.5 Å². The Hall–Kier alpha value is -3.52. The molecule has 0 bridgehead atoms. The first kappa shape index (κ1) is 18.5. The van der Waals surface area contributed by atoms with Crippen LogP contribution in [0.5, 0.6) is 0 Å². The van der Waals surface area contributed by atoms with Crippen molar-refractivity contribution in [2.75, 3.05) is 0 Å². The zero-order valence-corrected chi connectivity index (χ0v) is 16.2. The molecule has 5 rings (SSSR count). The van der Waals surface area contributed by atoms with E-state index in [4.69, 9.17) is 15.5 Å². The molecule has 2 aliphatic rings. The summed E-state index contributed by atoms with van der Waals surface area (Å²) in [6, 6.07) is 10.4. The Morgan fingerprint density at radius 3 is 2.83 bits per heavy atom. The predicted octanol–water partition coefficient (Wildman–Crippen LogP) is 1.50. The van der Waals surface area contributed by atoms with E-state index in [0.29, 0.717) is 17.0 Å². The summed E-state index contributed by atoms with van der Waals surface area (Å²) in [7, 11) is 0. The standard InChI is InChI=1S/C22H19N3O5/c1-2-22(29)14-8-17-19-12(7-11-5-3-4-6-15(11)24-19)16(9-18(23)26)25(17)20(27)13(14)10-30-21(22)28/h3-8,16,29H,2,9-10H2,1H3,(H2,23,26)/t16?,22-/m0/s1. The van der Waals surface area contributed by atoms with Gasteiger partial charge in [-0.2, -0.15) is 0 Å². The Morgan fingerprint density at radius 1 is 1.33 bits per heavy atom. The number of rotatable bonds is 3. The lowest BCUT2D eigenvalue weighted by molar-refractivity contribution is -0.172. The van der Waals surface area contributed by atoms with E-state index >= 15 is 0 Å². The molecule has 0 fully saturated rings. The molecule has 2 aromatic heterocycles. The van der Waals surface area contributed by atoms with Gasteiger partial charge in [0.1, 0.15) is 6.61 Å². The van der Waals surface area contributed by atoms with Crippen LogP contribution in [0, 0.1) is 0 Å². The number of amides is 1. The van der Waals surface area contributed by atoms with Gasteiger partial charge in [0.05, 0.1) is 34.9 Å². The van der Waals surface area contributed by atoms with Crippen molar-refractivity contribution in [2.24, 2.45) is 5.73 Å². The number of nitrogens with zero attached hydrogens (tertiary/aromatic N) is 2. The third-order valence-corrected chi connectivity index (χ3v) is 6.05. The molecule has 1 aromatic carbocycles. The Balaban J connectivity index is 1.86. The summed E-state index contributed by atoms with van der Waals surface area (Å²) in [6.07, 6.45) is -0.0129. The number of benzene rings is 1. The van der Waals surface area contributed by atoms with Gasteiger partial charge in [0.2, 0.25) is 5.91 Å². The van der Waals surface area contributed by atoms with Crippen molar-refractivity contribution in [2.45, 2.75) is 38.0 Å². The van der Waals surface area contributed by atoms with Gasteiger partial charge in [0.25, 0.3) is 5.56 Å². The number of carbonyl (C=O) groups is 2. The van der Waals surface area contributed by atoms with Gasteiger partial charge in [-0.15, -0.1) is 0 Å². The van der Waals surface area contributed by atoms with E-state index in [1.54, 1.807) is 13.0 Å². The highest BCUT2D eigenvalue weighted by Gasteiger charge is 2.46. The molecular formula is C22H19N3O5. The van der Waals surface area contributed by atoms with Crippen LogP contribution in [0.25, 0.3) is 22.3 Å². The minimum absolute atomic E-state index is 0.0600. The van der Waals surface area contributed by atoms with Crippen molar-refractivity contribution in [1.82, 2.24) is 9.55 Å². The molecule has 3 N–H and O–H groups in total. The second-order valence-corrected chi connectivity index (χ2v) is 7.69. The van der Waals surface area contributed by atoms with Gasteiger partial charge in [-0.3, -0.25) is 14.2 Å². The molecule has 0 radical (unpaired) electrons. The van der Waals surface area contributed by atoms with Crippen molar-refractivity contribution < 1.29 is 19.4 Å². The minimum Gasteiger partial charge on any atom is -0.458 e. The quantitative estimate of drug-likeness (QED) is 0.636. The number of pyridine rings is 2. The van der Waals surface area contributed by atoms with Crippen molar-refractivity contribution in [3.63, 3.8) is 0 Å². The van der Waals surface area contributed by atoms with Crippen LogP contribution in [-0.4, -0.2) is 26.5 Å². The molecule has 0 spiro atoms. The first-order valence-corrected chi connectivity index (χ1v) is 9.72. The van der Waals surface area contributed by atoms with Crippen molar-refractivity contribution in [3.05, 3.63) is 63.4 Å². The van der Waals surface area contributed by atoms with E-state index in [-0.39, 0.29) is 30.6 Å². The summed E-state index contributed by atoms with van der Waals surface area (Å²) in [5.41, 5.74) is 6.03. The first-order valence-electron chi connectivity index (χ1n) is 9.72. The Kier molecular flexibility index (Phi) is 3.85. The largest absolute Gasteiger partial charge is 0.458 e. The fraction of sp³-hybridized carbons (Fsp3) is 0.273. The lowest BCUT2D eigenvalue weighted by Gasteiger charge is -2.32. The zero-order chi connectivity index (χ0) is 21.2. The summed E-state index contributed by atoms with van der Waals surface area (Å²) in [5, 5.41) is 11.8. The highest BCUT2D eigenvalue weighted by molar-refractivity contribution is 5.87. The number of aromatic nitrogens is 2. The van der Waals surface area contributed by atoms with Crippen molar-refractivity contribution in [1.29, 1.82) is 0 Å². The SMILES string of the molecule is CC[C@@]1(O)C(=O)OCc2c1cc1n(c2=O)C(CC(N)=O)c2cc3ccccc3nc2-1. The van der Waals surface area contributed by atoms with Crippen LogP contribution in [0.3, 0.4) is 0 Å². The molecule has 0 saturated heterocycles. The number of primary amides is 1. The van der Waals surface area contributed by atoms with Crippen LogP contribution >= 0.6 is 0 Å². The maximum absolute atomic E-state index is 13.5. The van der Waals surface area contributed by atoms with Crippen molar-refractivity contribution in [3.8, 4) is 11.4 Å². The molecule has 8 heteroatoms. The minimum atomic E-state index is -1.90. The summed E-state index contributed by atoms with van der Waals surface area (Å²) in [4.78, 5) is 42.3. The molecular weight excluding hydrogens is 386 g/mol. The second-order valence-electron chi connectivity index (χ2n) is 7.69. The normalized spacial score (nSPS) is 21.7. The number of fused-ring (bicyclic) bond motifs is 5. The molecule has 1 amide bonds. The number of nitrogens with two attached hydrogens (primary N) is 1. The molecule has 3 aromatic rings. The molecule has 0 aliphatic carbocycles. The number of aliphatic hydroxyl groups is 1. The van der Waals surface area contributed by atoms with Gasteiger partial charge >= 0.3 is 5.97 Å². The van der Waals surface area contributed by atoms with E-state index < -0.39 is 29.1 Å². The first-order chi connectivity index (χ1) is 14.3. The lowest BCUT2D eigenvalue weighted by Crippen LogP contribution is -2.44. The molecule has 4 heterocycles. The molecule has 0 saturated carbocycles. The van der Waals surface area contributed by atoms with Gasteiger partial charge in [0, 0.05) is 16.5 Å². The van der Waals surface area contributed by atoms with Crippen LogP contribution < -0.4 is 11.3 Å². The molecule has 2 atom stereocenters. The monoisotopic (exact) mass is 405 g/mol. The topological polar surface area (TPSA) is 125 Å². The number of hydrogen-bond acceptors (Lipinski definition) is 6. The maximum atomic E-state index is 13.5. The van der Waals surface area contributed by atoms with Crippen molar-refractivity contribution >= 4 is 22.8 Å². The fourth-order valence-corrected chi connectivity index (χ4v) is 4.49. The number of esters is 1. The van der Waals surface area contributed by atoms with Crippen LogP contribution in [0.15, 0.2) is 41.2 Å². The fourth-order valence-electron chi connectivity index (χ4n) is 4.49. The summed E-state index contributed by atoms with van der Waals surface area (Å²) in [6.45, 7) is 1.42. The number of ether oxygens (including phenoxy) is 1. The molecule has 2 aliphatic heterocycles. The Bertz CT molecular complexity index is 1310. The van der Waals surface area contributed by atoms with Gasteiger partial charge in [-0.05, 0) is 24.6 Å². The smallest absolute Gasteiger partial charge is 0.343 e. The summed E-state index contributed by atoms with van der Waals surface area (Å²) >= 11 is 0. The zero-order valence-electron chi connectivity index (χ0n) is 16.2. The summed E-state index contributed by atoms with van der Waals surface area (Å²) < 4.78 is 6.58. The number of cyclic esters (lactones) is 1. The van der Waals surface area contributed by atoms with E-state index in [0.717, 1.165) is 10.9 Å². The summed E-state index contributed by atoms with van der Waals surface area (Å²) in [5.74, 6) is -1.33. The van der Waals surface area contributed by atoms with Crippen LogP contribution in [0.2, 0.25) is 0 Å². The average molecular weight is 405 g/mol. The van der Waals surface area contributed by atoms with Crippen LogP contribution in [0.1, 0.15) is 42.5 Å².